The number of rotatable bonds is 6. The van der Waals surface area contributed by atoms with Gasteiger partial charge in [0.1, 0.15) is 5.82 Å². The van der Waals surface area contributed by atoms with Crippen molar-refractivity contribution >= 4 is 11.7 Å². The number of nitrogens with one attached hydrogen (secondary N) is 1. The number of anilines is 1. The molecule has 0 saturated heterocycles. The number of ether oxygens (including phenoxy) is 1. The second-order valence-corrected chi connectivity index (χ2v) is 4.35. The van der Waals surface area contributed by atoms with Crippen LogP contribution in [-0.2, 0) is 4.74 Å². The van der Waals surface area contributed by atoms with Crippen LogP contribution in [-0.4, -0.2) is 54.4 Å². The number of hydrogen-bond donors (Lipinski definition) is 1. The van der Waals surface area contributed by atoms with Gasteiger partial charge in [0.05, 0.1) is 12.7 Å². The molecular weight excluding hydrogens is 232 g/mol. The average molecular weight is 252 g/mol. The van der Waals surface area contributed by atoms with Gasteiger partial charge < -0.3 is 15.0 Å². The first kappa shape index (κ1) is 14.4. The van der Waals surface area contributed by atoms with Gasteiger partial charge >= 0.3 is 0 Å². The predicted octanol–water partition coefficient (Wildman–Crippen LogP) is 1.02. The Hall–Kier alpha value is -1.69. The zero-order valence-corrected chi connectivity index (χ0v) is 11.3. The Balaban J connectivity index is 2.43. The van der Waals surface area contributed by atoms with Crippen LogP contribution in [0.4, 0.5) is 5.82 Å². The molecule has 1 aromatic heterocycles. The van der Waals surface area contributed by atoms with Gasteiger partial charge in [-0.1, -0.05) is 0 Å². The highest BCUT2D eigenvalue weighted by Gasteiger charge is 2.09. The van der Waals surface area contributed by atoms with E-state index in [0.29, 0.717) is 24.7 Å². The van der Waals surface area contributed by atoms with Crippen LogP contribution < -0.4 is 5.32 Å². The summed E-state index contributed by atoms with van der Waals surface area (Å²) in [6.45, 7) is 5.24. The smallest absolute Gasteiger partial charge is 0.273 e. The zero-order valence-electron chi connectivity index (χ0n) is 11.3. The molecule has 1 amide bonds. The molecule has 0 aliphatic carbocycles. The summed E-state index contributed by atoms with van der Waals surface area (Å²) in [5.41, 5.74) is 0.337. The summed E-state index contributed by atoms with van der Waals surface area (Å²) in [6.07, 6.45) is 0.220. The quantitative estimate of drug-likeness (QED) is 0.765. The molecule has 0 spiro atoms. The molecule has 0 aliphatic rings. The van der Waals surface area contributed by atoms with Crippen LogP contribution in [0.5, 0.6) is 0 Å². The molecule has 1 heterocycles. The zero-order chi connectivity index (χ0) is 13.5. The number of aromatic nitrogens is 2. The topological polar surface area (TPSA) is 67.3 Å². The number of carbonyl (C=O) groups excluding carboxylic acids is 1. The normalized spacial score (nSPS) is 10.5. The molecule has 6 heteroatoms. The molecule has 0 bridgehead atoms. The lowest BCUT2D eigenvalue weighted by molar-refractivity contribution is 0.0820. The van der Waals surface area contributed by atoms with E-state index in [9.17, 15) is 4.79 Å². The SMILES string of the molecule is CC(C)OCCNc1ccc(C(=O)N(C)C)nn1. The number of nitrogens with zero attached hydrogens (tertiary/aromatic N) is 3. The molecule has 0 atom stereocenters. The maximum Gasteiger partial charge on any atom is 0.273 e. The monoisotopic (exact) mass is 252 g/mol. The van der Waals surface area contributed by atoms with E-state index in [1.54, 1.807) is 26.2 Å². The van der Waals surface area contributed by atoms with Crippen molar-refractivity contribution in [3.8, 4) is 0 Å². The van der Waals surface area contributed by atoms with E-state index in [2.05, 4.69) is 15.5 Å². The first-order chi connectivity index (χ1) is 8.50. The van der Waals surface area contributed by atoms with Crippen molar-refractivity contribution < 1.29 is 9.53 Å². The van der Waals surface area contributed by atoms with Crippen LogP contribution in [0, 0.1) is 0 Å². The third-order valence-corrected chi connectivity index (χ3v) is 2.15. The third kappa shape index (κ3) is 4.67. The molecule has 6 nitrogen and oxygen atoms in total. The largest absolute Gasteiger partial charge is 0.377 e. The Kier molecular flexibility index (Phi) is 5.51. The minimum absolute atomic E-state index is 0.155. The van der Waals surface area contributed by atoms with Crippen LogP contribution in [0.3, 0.4) is 0 Å². The molecule has 100 valence electrons. The molecule has 0 aliphatic heterocycles. The molecule has 0 fully saturated rings. The van der Waals surface area contributed by atoms with Gasteiger partial charge in [-0.3, -0.25) is 4.79 Å². The van der Waals surface area contributed by atoms with Crippen molar-refractivity contribution in [2.75, 3.05) is 32.6 Å². The minimum Gasteiger partial charge on any atom is -0.377 e. The van der Waals surface area contributed by atoms with Crippen molar-refractivity contribution in [3.63, 3.8) is 0 Å². The highest BCUT2D eigenvalue weighted by molar-refractivity contribution is 5.91. The van der Waals surface area contributed by atoms with Crippen LogP contribution >= 0.6 is 0 Å². The van der Waals surface area contributed by atoms with Crippen molar-refractivity contribution in [2.24, 2.45) is 0 Å². The molecular formula is C12H20N4O2. The lowest BCUT2D eigenvalue weighted by atomic mass is 10.3. The van der Waals surface area contributed by atoms with E-state index in [4.69, 9.17) is 4.74 Å². The Morgan fingerprint density at radius 3 is 2.61 bits per heavy atom. The fourth-order valence-corrected chi connectivity index (χ4v) is 1.24. The number of amides is 1. The van der Waals surface area contributed by atoms with E-state index in [1.165, 1.54) is 4.90 Å². The third-order valence-electron chi connectivity index (χ3n) is 2.15. The average Bonchev–Trinajstić information content (AvgIpc) is 2.34. The van der Waals surface area contributed by atoms with E-state index in [0.717, 1.165) is 0 Å². The van der Waals surface area contributed by atoms with Gasteiger partial charge in [0.2, 0.25) is 0 Å². The molecule has 1 rings (SSSR count). The lowest BCUT2D eigenvalue weighted by Gasteiger charge is -2.10. The Morgan fingerprint density at radius 2 is 2.11 bits per heavy atom. The van der Waals surface area contributed by atoms with Gasteiger partial charge in [0, 0.05) is 20.6 Å². The van der Waals surface area contributed by atoms with Crippen LogP contribution in [0.25, 0.3) is 0 Å². The van der Waals surface area contributed by atoms with Crippen LogP contribution in [0.1, 0.15) is 24.3 Å². The highest BCUT2D eigenvalue weighted by atomic mass is 16.5. The van der Waals surface area contributed by atoms with Gasteiger partial charge in [-0.25, -0.2) is 0 Å². The van der Waals surface area contributed by atoms with E-state index >= 15 is 0 Å². The van der Waals surface area contributed by atoms with Crippen molar-refractivity contribution in [3.05, 3.63) is 17.8 Å². The summed E-state index contributed by atoms with van der Waals surface area (Å²) < 4.78 is 5.39. The van der Waals surface area contributed by atoms with Crippen LogP contribution in [0.2, 0.25) is 0 Å². The van der Waals surface area contributed by atoms with Gasteiger partial charge in [-0.15, -0.1) is 10.2 Å². The first-order valence-corrected chi connectivity index (χ1v) is 5.91. The second-order valence-electron chi connectivity index (χ2n) is 4.35. The van der Waals surface area contributed by atoms with Gasteiger partial charge in [-0.2, -0.15) is 0 Å². The summed E-state index contributed by atoms with van der Waals surface area (Å²) in [4.78, 5) is 13.0. The molecule has 18 heavy (non-hydrogen) atoms. The maximum atomic E-state index is 11.6. The van der Waals surface area contributed by atoms with Gasteiger partial charge in [0.25, 0.3) is 5.91 Å². The molecule has 0 unspecified atom stereocenters. The van der Waals surface area contributed by atoms with Crippen molar-refractivity contribution in [1.82, 2.24) is 15.1 Å². The first-order valence-electron chi connectivity index (χ1n) is 5.91. The summed E-state index contributed by atoms with van der Waals surface area (Å²) in [6, 6.07) is 3.39. The Morgan fingerprint density at radius 1 is 1.39 bits per heavy atom. The highest BCUT2D eigenvalue weighted by Crippen LogP contribution is 2.03. The summed E-state index contributed by atoms with van der Waals surface area (Å²) in [7, 11) is 3.36. The standard InChI is InChI=1S/C12H20N4O2/c1-9(2)18-8-7-13-11-6-5-10(14-15-11)12(17)16(3)4/h5-6,9H,7-8H2,1-4H3,(H,13,15). The minimum atomic E-state index is -0.155. The predicted molar refractivity (Wildman–Crippen MR) is 69.6 cm³/mol. The summed E-state index contributed by atoms with van der Waals surface area (Å²) in [5, 5.41) is 10.9. The molecule has 0 saturated carbocycles. The second kappa shape index (κ2) is 6.90. The van der Waals surface area contributed by atoms with E-state index in [-0.39, 0.29) is 12.0 Å². The Bertz CT molecular complexity index is 376. The molecule has 0 radical (unpaired) electrons. The fraction of sp³-hybridized carbons (Fsp3) is 0.583. The Labute approximate surface area is 107 Å². The number of hydrogen-bond acceptors (Lipinski definition) is 5. The van der Waals surface area contributed by atoms with Crippen LogP contribution in [0.15, 0.2) is 12.1 Å². The van der Waals surface area contributed by atoms with Gasteiger partial charge in [-0.05, 0) is 26.0 Å². The molecule has 1 N–H and O–H groups in total. The van der Waals surface area contributed by atoms with Crippen molar-refractivity contribution in [2.45, 2.75) is 20.0 Å². The lowest BCUT2D eigenvalue weighted by Crippen LogP contribution is -2.23. The van der Waals surface area contributed by atoms with E-state index in [1.807, 2.05) is 13.8 Å². The molecule has 1 aromatic rings. The summed E-state index contributed by atoms with van der Waals surface area (Å²) >= 11 is 0. The van der Waals surface area contributed by atoms with E-state index < -0.39 is 0 Å². The van der Waals surface area contributed by atoms with Crippen molar-refractivity contribution in [1.29, 1.82) is 0 Å². The molecule has 0 aromatic carbocycles. The number of carbonyl (C=O) groups is 1. The summed E-state index contributed by atoms with van der Waals surface area (Å²) in [5.74, 6) is 0.481. The maximum absolute atomic E-state index is 11.6. The van der Waals surface area contributed by atoms with Gasteiger partial charge in [0.15, 0.2) is 5.69 Å². The fourth-order valence-electron chi connectivity index (χ4n) is 1.24.